The van der Waals surface area contributed by atoms with Gasteiger partial charge in [0.05, 0.1) is 18.7 Å². The van der Waals surface area contributed by atoms with Crippen molar-refractivity contribution in [2.24, 2.45) is 5.73 Å². The Labute approximate surface area is 174 Å². The molecule has 0 unspecified atom stereocenters. The van der Waals surface area contributed by atoms with Crippen LogP contribution in [0.5, 0.6) is 0 Å². The first-order valence-electron chi connectivity index (χ1n) is 9.06. The van der Waals surface area contributed by atoms with E-state index in [2.05, 4.69) is 0 Å². The van der Waals surface area contributed by atoms with E-state index in [1.165, 1.54) is 18.2 Å². The van der Waals surface area contributed by atoms with E-state index in [1.54, 1.807) is 37.3 Å². The van der Waals surface area contributed by atoms with E-state index in [0.717, 1.165) is 27.7 Å². The van der Waals surface area contributed by atoms with Crippen LogP contribution in [0.1, 0.15) is 23.0 Å². The second-order valence-electron chi connectivity index (χ2n) is 6.39. The smallest absolute Gasteiger partial charge is 0.338 e. The Bertz CT molecular complexity index is 1040. The normalized spacial score (nSPS) is 11.4. The maximum Gasteiger partial charge on any atom is 0.338 e. The average molecular weight is 421 g/mol. The minimum absolute atomic E-state index is 0. The van der Waals surface area contributed by atoms with Crippen molar-refractivity contribution in [2.75, 3.05) is 13.2 Å². The number of ether oxygens (including phenoxy) is 1. The first-order valence-corrected chi connectivity index (χ1v) is 9.06. The first kappa shape index (κ1) is 22.6. The maximum atomic E-state index is 14.2. The van der Waals surface area contributed by atoms with Gasteiger partial charge in [-0.1, -0.05) is 12.1 Å². The van der Waals surface area contributed by atoms with Crippen molar-refractivity contribution >= 4 is 29.3 Å². The van der Waals surface area contributed by atoms with Gasteiger partial charge < -0.3 is 15.0 Å². The van der Waals surface area contributed by atoms with Crippen molar-refractivity contribution in [1.82, 2.24) is 4.57 Å². The lowest BCUT2D eigenvalue weighted by molar-refractivity contribution is 0.0526. The molecule has 1 heterocycles. The molecule has 0 bridgehead atoms. The van der Waals surface area contributed by atoms with Gasteiger partial charge in [0, 0.05) is 28.7 Å². The van der Waals surface area contributed by atoms with E-state index in [0.29, 0.717) is 5.56 Å². The van der Waals surface area contributed by atoms with Gasteiger partial charge in [0.25, 0.3) is 0 Å². The molecule has 0 fully saturated rings. The minimum Gasteiger partial charge on any atom is -0.462 e. The molecule has 7 heteroatoms. The summed E-state index contributed by atoms with van der Waals surface area (Å²) >= 11 is 0. The van der Waals surface area contributed by atoms with Gasteiger partial charge in [-0.2, -0.15) is 0 Å². The summed E-state index contributed by atoms with van der Waals surface area (Å²) in [7, 11) is 0. The fraction of sp³-hybridized carbons (Fsp3) is 0.227. The third kappa shape index (κ3) is 4.66. The molecule has 4 nitrogen and oxygen atoms in total. The molecular weight excluding hydrogens is 398 g/mol. The van der Waals surface area contributed by atoms with E-state index >= 15 is 0 Å². The molecule has 0 aliphatic rings. The third-order valence-corrected chi connectivity index (χ3v) is 4.62. The number of hydrogen-bond donors (Lipinski definition) is 1. The molecule has 3 rings (SSSR count). The highest BCUT2D eigenvalue weighted by Gasteiger charge is 2.19. The van der Waals surface area contributed by atoms with E-state index in [1.807, 2.05) is 11.5 Å². The monoisotopic (exact) mass is 420 g/mol. The summed E-state index contributed by atoms with van der Waals surface area (Å²) < 4.78 is 34.5. The number of allylic oxidation sites excluding steroid dienone is 1. The van der Waals surface area contributed by atoms with Gasteiger partial charge in [-0.3, -0.25) is 0 Å². The molecule has 0 radical (unpaired) electrons. The maximum absolute atomic E-state index is 14.2. The Morgan fingerprint density at radius 2 is 1.90 bits per heavy atom. The summed E-state index contributed by atoms with van der Waals surface area (Å²) in [6, 6.07) is 11.3. The average Bonchev–Trinajstić information content (AvgIpc) is 2.94. The van der Waals surface area contributed by atoms with Gasteiger partial charge in [0.2, 0.25) is 0 Å². The van der Waals surface area contributed by atoms with Crippen molar-refractivity contribution in [2.45, 2.75) is 20.4 Å². The molecular formula is C22H23ClF2N2O2. The number of nitrogens with zero attached hydrogens (tertiary/aromatic N) is 1. The predicted octanol–water partition coefficient (Wildman–Crippen LogP) is 5.17. The Balaban J connectivity index is 0.00000300. The molecule has 0 aliphatic heterocycles. The zero-order chi connectivity index (χ0) is 20.3. The zero-order valence-electron chi connectivity index (χ0n) is 16.2. The Hall–Kier alpha value is -2.70. The van der Waals surface area contributed by atoms with Gasteiger partial charge in [-0.15, -0.1) is 12.4 Å². The highest BCUT2D eigenvalue weighted by Crippen LogP contribution is 2.36. The molecule has 0 aliphatic carbocycles. The summed E-state index contributed by atoms with van der Waals surface area (Å²) in [5, 5.41) is 0.773. The van der Waals surface area contributed by atoms with E-state index in [4.69, 9.17) is 10.5 Å². The lowest BCUT2D eigenvalue weighted by Gasteiger charge is -2.08. The molecule has 0 amide bonds. The fourth-order valence-electron chi connectivity index (χ4n) is 3.35. The number of hydrogen-bond acceptors (Lipinski definition) is 3. The van der Waals surface area contributed by atoms with Crippen LogP contribution in [-0.2, 0) is 11.3 Å². The van der Waals surface area contributed by atoms with Crippen LogP contribution in [0.15, 0.2) is 54.4 Å². The van der Waals surface area contributed by atoms with Crippen LogP contribution < -0.4 is 5.73 Å². The lowest BCUT2D eigenvalue weighted by Crippen LogP contribution is -2.05. The van der Waals surface area contributed by atoms with Crippen LogP contribution in [0.4, 0.5) is 8.78 Å². The summed E-state index contributed by atoms with van der Waals surface area (Å²) in [5.74, 6) is -1.11. The minimum atomic E-state index is -0.422. The van der Waals surface area contributed by atoms with Crippen LogP contribution in [-0.4, -0.2) is 23.7 Å². The summed E-state index contributed by atoms with van der Waals surface area (Å²) in [4.78, 5) is 12.2. The van der Waals surface area contributed by atoms with Crippen molar-refractivity contribution in [1.29, 1.82) is 0 Å². The van der Waals surface area contributed by atoms with Crippen molar-refractivity contribution in [3.63, 3.8) is 0 Å². The van der Waals surface area contributed by atoms with E-state index < -0.39 is 5.97 Å². The number of benzene rings is 2. The van der Waals surface area contributed by atoms with Gasteiger partial charge in [0.1, 0.15) is 11.6 Å². The summed E-state index contributed by atoms with van der Waals surface area (Å²) in [5.41, 5.74) is 9.01. The molecule has 2 aromatic carbocycles. The van der Waals surface area contributed by atoms with Crippen LogP contribution in [0, 0.1) is 12.7 Å². The molecule has 29 heavy (non-hydrogen) atoms. The summed E-state index contributed by atoms with van der Waals surface area (Å²) in [6.07, 6.45) is 1.33. The Morgan fingerprint density at radius 1 is 1.21 bits per heavy atom. The number of esters is 1. The summed E-state index contributed by atoms with van der Waals surface area (Å²) in [6.45, 7) is 4.03. The number of fused-ring (bicyclic) bond motifs is 1. The number of aromatic nitrogens is 1. The van der Waals surface area contributed by atoms with Gasteiger partial charge in [0.15, 0.2) is 0 Å². The van der Waals surface area contributed by atoms with Crippen molar-refractivity contribution in [3.05, 3.63) is 71.4 Å². The van der Waals surface area contributed by atoms with Gasteiger partial charge in [-0.25, -0.2) is 13.6 Å². The Morgan fingerprint density at radius 3 is 2.52 bits per heavy atom. The highest BCUT2D eigenvalue weighted by atomic mass is 35.5. The molecule has 3 aromatic rings. The van der Waals surface area contributed by atoms with Crippen LogP contribution >= 0.6 is 12.4 Å². The molecule has 0 saturated carbocycles. The number of carbonyl (C=O) groups excluding carboxylic acids is 1. The number of rotatable bonds is 6. The fourth-order valence-corrected chi connectivity index (χ4v) is 3.35. The van der Waals surface area contributed by atoms with E-state index in [-0.39, 0.29) is 43.7 Å². The largest absolute Gasteiger partial charge is 0.462 e. The van der Waals surface area contributed by atoms with Crippen molar-refractivity contribution < 1.29 is 18.3 Å². The molecule has 0 spiro atoms. The third-order valence-electron chi connectivity index (χ3n) is 4.62. The molecule has 154 valence electrons. The predicted molar refractivity (Wildman–Crippen MR) is 114 cm³/mol. The number of nitrogens with two attached hydrogens (primary N) is 1. The SMILES string of the molecule is CCOC(=O)c1ccc2c(c1)c(-c1ccc(F)cc1)c(C)n2C/C(F)=C/CN.Cl. The molecule has 0 atom stereocenters. The number of carbonyl (C=O) groups is 1. The van der Waals surface area contributed by atoms with E-state index in [9.17, 15) is 13.6 Å². The quantitative estimate of drug-likeness (QED) is 0.560. The Kier molecular flexibility index (Phi) is 7.53. The van der Waals surface area contributed by atoms with Crippen LogP contribution in [0.3, 0.4) is 0 Å². The van der Waals surface area contributed by atoms with Crippen LogP contribution in [0.2, 0.25) is 0 Å². The van der Waals surface area contributed by atoms with Crippen molar-refractivity contribution in [3.8, 4) is 11.1 Å². The standard InChI is InChI=1S/C22H22F2N2O2.ClH/c1-3-28-22(27)16-6-9-20-19(12-16)21(15-4-7-17(23)8-5-15)14(2)26(20)13-18(24)10-11-25;/h4-10,12H,3,11,13,25H2,1-2H3;1H/b18-10-;. The second kappa shape index (κ2) is 9.67. The molecule has 0 saturated heterocycles. The van der Waals surface area contributed by atoms with Crippen LogP contribution in [0.25, 0.3) is 22.0 Å². The zero-order valence-corrected chi connectivity index (χ0v) is 17.1. The topological polar surface area (TPSA) is 57.2 Å². The lowest BCUT2D eigenvalue weighted by atomic mass is 10.0. The number of halogens is 3. The highest BCUT2D eigenvalue weighted by molar-refractivity contribution is 6.02. The second-order valence-corrected chi connectivity index (χ2v) is 6.39. The molecule has 2 N–H and O–H groups in total. The van der Waals surface area contributed by atoms with Gasteiger partial charge in [-0.05, 0) is 55.8 Å². The van der Waals surface area contributed by atoms with Gasteiger partial charge >= 0.3 is 5.97 Å². The molecule has 1 aromatic heterocycles. The first-order chi connectivity index (χ1) is 13.5.